The number of sulfonamides is 1. The van der Waals surface area contributed by atoms with Gasteiger partial charge in [0.15, 0.2) is 0 Å². The van der Waals surface area contributed by atoms with Crippen LogP contribution >= 0.6 is 11.6 Å². The highest BCUT2D eigenvalue weighted by Gasteiger charge is 2.33. The minimum Gasteiger partial charge on any atom is -0.497 e. The molecule has 2 aromatic carbocycles. The fourth-order valence-electron chi connectivity index (χ4n) is 4.88. The highest BCUT2D eigenvalue weighted by molar-refractivity contribution is 7.92. The molecule has 1 N–H and O–H groups in total. The Balaban J connectivity index is 1.93. The fourth-order valence-corrected chi connectivity index (χ4v) is 6.02. The lowest BCUT2D eigenvalue weighted by Crippen LogP contribution is -2.54. The van der Waals surface area contributed by atoms with Gasteiger partial charge in [-0.25, -0.2) is 8.42 Å². The Kier molecular flexibility index (Phi) is 10.4. The van der Waals surface area contributed by atoms with Gasteiger partial charge < -0.3 is 15.0 Å². The van der Waals surface area contributed by atoms with E-state index in [2.05, 4.69) is 5.32 Å². The molecule has 2 amide bonds. The summed E-state index contributed by atoms with van der Waals surface area (Å²) in [5.41, 5.74) is 1.80. The maximum Gasteiger partial charge on any atom is 0.244 e. The first kappa shape index (κ1) is 29.8. The van der Waals surface area contributed by atoms with Gasteiger partial charge >= 0.3 is 0 Å². The van der Waals surface area contributed by atoms with Crippen molar-refractivity contribution in [1.29, 1.82) is 0 Å². The standard InChI is InChI=1S/C28H38ClN3O5S/c1-5-25(28(34)30-23-9-7-6-8-10-23)31(18-21-11-14-24(37-3)15-12-21)27(33)19-32(38(4,35)36)26-16-13-22(29)17-20(26)2/h11-17,23,25H,5-10,18-19H2,1-4H3,(H,30,34). The van der Waals surface area contributed by atoms with E-state index in [1.165, 1.54) is 4.90 Å². The first-order chi connectivity index (χ1) is 18.0. The molecule has 0 spiro atoms. The largest absolute Gasteiger partial charge is 0.497 e. The smallest absolute Gasteiger partial charge is 0.244 e. The van der Waals surface area contributed by atoms with E-state index in [1.807, 2.05) is 19.1 Å². The fraction of sp³-hybridized carbons (Fsp3) is 0.500. The summed E-state index contributed by atoms with van der Waals surface area (Å²) in [6.07, 6.45) is 6.60. The number of methoxy groups -OCH3 is 1. The van der Waals surface area contributed by atoms with Gasteiger partial charge in [-0.3, -0.25) is 13.9 Å². The van der Waals surface area contributed by atoms with Gasteiger partial charge in [-0.2, -0.15) is 0 Å². The Hall–Kier alpha value is -2.78. The van der Waals surface area contributed by atoms with E-state index in [9.17, 15) is 18.0 Å². The molecule has 1 aliphatic rings. The SMILES string of the molecule is CCC(C(=O)NC1CCCCC1)N(Cc1ccc(OC)cc1)C(=O)CN(c1ccc(Cl)cc1C)S(C)(=O)=O. The molecule has 0 heterocycles. The number of rotatable bonds is 11. The van der Waals surface area contributed by atoms with E-state index < -0.39 is 28.5 Å². The van der Waals surface area contributed by atoms with Crippen LogP contribution in [0, 0.1) is 6.92 Å². The first-order valence-electron chi connectivity index (χ1n) is 13.0. The number of nitrogens with zero attached hydrogens (tertiary/aromatic N) is 2. The number of nitrogens with one attached hydrogen (secondary N) is 1. The topological polar surface area (TPSA) is 96.0 Å². The quantitative estimate of drug-likeness (QED) is 0.428. The average Bonchev–Trinajstić information content (AvgIpc) is 2.88. The summed E-state index contributed by atoms with van der Waals surface area (Å²) >= 11 is 6.08. The number of carbonyl (C=O) groups excluding carboxylic acids is 2. The minimum atomic E-state index is -3.81. The summed E-state index contributed by atoms with van der Waals surface area (Å²) in [5.74, 6) is -0.00347. The number of aryl methyl sites for hydroxylation is 1. The second kappa shape index (κ2) is 13.3. The predicted octanol–water partition coefficient (Wildman–Crippen LogP) is 4.68. The Morgan fingerprint density at radius 3 is 2.32 bits per heavy atom. The third-order valence-electron chi connectivity index (χ3n) is 6.96. The van der Waals surface area contributed by atoms with Crippen molar-refractivity contribution in [3.05, 3.63) is 58.6 Å². The second-order valence-corrected chi connectivity index (χ2v) is 12.2. The molecule has 0 bridgehead atoms. The van der Waals surface area contributed by atoms with Crippen LogP contribution < -0.4 is 14.4 Å². The van der Waals surface area contributed by atoms with E-state index in [0.29, 0.717) is 28.4 Å². The van der Waals surface area contributed by atoms with Crippen LogP contribution in [-0.2, 0) is 26.2 Å². The van der Waals surface area contributed by atoms with Gasteiger partial charge in [0.05, 0.1) is 19.1 Å². The van der Waals surface area contributed by atoms with Crippen molar-refractivity contribution in [2.75, 3.05) is 24.2 Å². The van der Waals surface area contributed by atoms with Crippen LogP contribution in [0.1, 0.15) is 56.6 Å². The van der Waals surface area contributed by atoms with Crippen LogP contribution in [0.5, 0.6) is 5.75 Å². The molecular weight excluding hydrogens is 526 g/mol. The monoisotopic (exact) mass is 563 g/mol. The number of hydrogen-bond acceptors (Lipinski definition) is 5. The molecule has 0 saturated heterocycles. The third kappa shape index (κ3) is 7.86. The van der Waals surface area contributed by atoms with Gasteiger partial charge in [-0.15, -0.1) is 0 Å². The van der Waals surface area contributed by atoms with Crippen LogP contribution in [0.4, 0.5) is 5.69 Å². The maximum absolute atomic E-state index is 13.9. The summed E-state index contributed by atoms with van der Waals surface area (Å²) < 4.78 is 32.0. The molecule has 0 radical (unpaired) electrons. The Bertz CT molecular complexity index is 1210. The number of amides is 2. The number of anilines is 1. The lowest BCUT2D eigenvalue weighted by molar-refractivity contribution is -0.140. The summed E-state index contributed by atoms with van der Waals surface area (Å²) in [6, 6.07) is 11.4. The van der Waals surface area contributed by atoms with Crippen LogP contribution in [-0.4, -0.2) is 57.1 Å². The van der Waals surface area contributed by atoms with Crippen LogP contribution in [0.25, 0.3) is 0 Å². The molecule has 38 heavy (non-hydrogen) atoms. The van der Waals surface area contributed by atoms with E-state index >= 15 is 0 Å². The lowest BCUT2D eigenvalue weighted by Gasteiger charge is -2.34. The molecule has 10 heteroatoms. The molecule has 3 rings (SSSR count). The number of benzene rings is 2. The van der Waals surface area contributed by atoms with Crippen molar-refractivity contribution in [2.24, 2.45) is 0 Å². The van der Waals surface area contributed by atoms with Gasteiger partial charge in [0.25, 0.3) is 0 Å². The zero-order valence-corrected chi connectivity index (χ0v) is 24.1. The van der Waals surface area contributed by atoms with Gasteiger partial charge in [0.1, 0.15) is 18.3 Å². The van der Waals surface area contributed by atoms with Crippen molar-refractivity contribution >= 4 is 39.1 Å². The minimum absolute atomic E-state index is 0.0903. The van der Waals surface area contributed by atoms with Gasteiger partial charge in [-0.05, 0) is 67.6 Å². The molecule has 1 atom stereocenters. The van der Waals surface area contributed by atoms with E-state index in [1.54, 1.807) is 44.4 Å². The Labute approximate surface area is 231 Å². The molecule has 2 aromatic rings. The molecule has 1 aliphatic carbocycles. The summed E-state index contributed by atoms with van der Waals surface area (Å²) in [7, 11) is -2.24. The van der Waals surface area contributed by atoms with Gasteiger partial charge in [-0.1, -0.05) is 49.9 Å². The van der Waals surface area contributed by atoms with E-state index in [0.717, 1.165) is 48.2 Å². The summed E-state index contributed by atoms with van der Waals surface area (Å²) in [5, 5.41) is 3.61. The third-order valence-corrected chi connectivity index (χ3v) is 8.32. The van der Waals surface area contributed by atoms with Gasteiger partial charge in [0.2, 0.25) is 21.8 Å². The van der Waals surface area contributed by atoms with Crippen molar-refractivity contribution in [1.82, 2.24) is 10.2 Å². The number of carbonyl (C=O) groups is 2. The molecule has 1 saturated carbocycles. The molecule has 1 unspecified atom stereocenters. The summed E-state index contributed by atoms with van der Waals surface area (Å²) in [6.45, 7) is 3.31. The van der Waals surface area contributed by atoms with E-state index in [-0.39, 0.29) is 18.5 Å². The van der Waals surface area contributed by atoms with Crippen molar-refractivity contribution in [3.63, 3.8) is 0 Å². The zero-order chi connectivity index (χ0) is 27.9. The van der Waals surface area contributed by atoms with Crippen LogP contribution in [0.15, 0.2) is 42.5 Å². The number of hydrogen-bond donors (Lipinski definition) is 1. The predicted molar refractivity (Wildman–Crippen MR) is 151 cm³/mol. The van der Waals surface area contributed by atoms with Crippen LogP contribution in [0.2, 0.25) is 5.02 Å². The molecule has 208 valence electrons. The summed E-state index contributed by atoms with van der Waals surface area (Å²) in [4.78, 5) is 28.8. The van der Waals surface area contributed by atoms with Crippen molar-refractivity contribution < 1.29 is 22.7 Å². The van der Waals surface area contributed by atoms with Crippen molar-refractivity contribution in [2.45, 2.75) is 71.0 Å². The lowest BCUT2D eigenvalue weighted by atomic mass is 9.95. The molecule has 8 nitrogen and oxygen atoms in total. The van der Waals surface area contributed by atoms with Crippen LogP contribution in [0.3, 0.4) is 0 Å². The van der Waals surface area contributed by atoms with E-state index in [4.69, 9.17) is 16.3 Å². The molecule has 1 fully saturated rings. The van der Waals surface area contributed by atoms with Crippen molar-refractivity contribution in [3.8, 4) is 5.75 Å². The molecular formula is C28H38ClN3O5S. The van der Waals surface area contributed by atoms with Gasteiger partial charge in [0, 0.05) is 17.6 Å². The number of halogens is 1. The molecule has 0 aliphatic heterocycles. The first-order valence-corrected chi connectivity index (χ1v) is 15.2. The number of ether oxygens (including phenoxy) is 1. The highest BCUT2D eigenvalue weighted by Crippen LogP contribution is 2.26. The molecule has 0 aromatic heterocycles. The second-order valence-electron chi connectivity index (χ2n) is 9.84. The average molecular weight is 564 g/mol. The maximum atomic E-state index is 13.9. The normalized spacial score (nSPS) is 15.0. The Morgan fingerprint density at radius 2 is 1.76 bits per heavy atom. The zero-order valence-electron chi connectivity index (χ0n) is 22.6. The highest BCUT2D eigenvalue weighted by atomic mass is 35.5. The Morgan fingerprint density at radius 1 is 1.11 bits per heavy atom.